The molecule has 16 heavy (non-hydrogen) atoms. The van der Waals surface area contributed by atoms with Gasteiger partial charge >= 0.3 is 0 Å². The number of hydrogen-bond donors (Lipinski definition) is 1. The fraction of sp³-hybridized carbons (Fsp3) is 0.600. The second-order valence-corrected chi connectivity index (χ2v) is 4.59. The summed E-state index contributed by atoms with van der Waals surface area (Å²) in [5.41, 5.74) is 2.69. The molecule has 90 valence electrons. The molecule has 0 aliphatic rings. The van der Waals surface area contributed by atoms with Crippen LogP contribution in [0.4, 0.5) is 5.69 Å². The Kier molecular flexibility index (Phi) is 5.37. The highest BCUT2D eigenvalue weighted by molar-refractivity contribution is 5.45. The van der Waals surface area contributed by atoms with Gasteiger partial charge < -0.3 is 5.32 Å². The first kappa shape index (κ1) is 13.1. The molecule has 0 radical (unpaired) electrons. The van der Waals surface area contributed by atoms with Gasteiger partial charge in [-0.25, -0.2) is 0 Å². The van der Waals surface area contributed by atoms with E-state index in [0.29, 0.717) is 12.0 Å². The molecule has 1 aromatic rings. The van der Waals surface area contributed by atoms with Crippen LogP contribution < -0.4 is 5.32 Å². The molecule has 0 aliphatic heterocycles. The van der Waals surface area contributed by atoms with Crippen LogP contribution in [0.5, 0.6) is 0 Å². The second kappa shape index (κ2) is 6.57. The lowest BCUT2D eigenvalue weighted by atomic mass is 9.98. The number of anilines is 1. The SMILES string of the molecule is CCC(CC)Nc1ccc(C(C)CC)cc1. The molecule has 0 amide bonds. The van der Waals surface area contributed by atoms with Crippen LogP contribution in [-0.2, 0) is 0 Å². The molecule has 0 aliphatic carbocycles. The number of rotatable bonds is 6. The van der Waals surface area contributed by atoms with Gasteiger partial charge in [0.2, 0.25) is 0 Å². The van der Waals surface area contributed by atoms with Crippen molar-refractivity contribution in [1.29, 1.82) is 0 Å². The lowest BCUT2D eigenvalue weighted by molar-refractivity contribution is 0.671. The van der Waals surface area contributed by atoms with E-state index in [-0.39, 0.29) is 0 Å². The molecule has 1 unspecified atom stereocenters. The highest BCUT2D eigenvalue weighted by Gasteiger charge is 2.04. The Bertz CT molecular complexity index is 285. The topological polar surface area (TPSA) is 12.0 Å². The van der Waals surface area contributed by atoms with Crippen molar-refractivity contribution in [3.05, 3.63) is 29.8 Å². The molecular weight excluding hydrogens is 194 g/mol. The summed E-state index contributed by atoms with van der Waals surface area (Å²) >= 11 is 0. The molecule has 0 heterocycles. The van der Waals surface area contributed by atoms with Gasteiger partial charge in [-0.15, -0.1) is 0 Å². The van der Waals surface area contributed by atoms with E-state index in [0.717, 1.165) is 0 Å². The fourth-order valence-electron chi connectivity index (χ4n) is 1.87. The predicted octanol–water partition coefficient (Wildman–Crippen LogP) is 4.80. The first-order valence-electron chi connectivity index (χ1n) is 6.57. The van der Waals surface area contributed by atoms with E-state index in [4.69, 9.17) is 0 Å². The van der Waals surface area contributed by atoms with Crippen molar-refractivity contribution >= 4 is 5.69 Å². The van der Waals surface area contributed by atoms with E-state index < -0.39 is 0 Å². The Labute approximate surface area is 100 Å². The minimum atomic E-state index is 0.606. The molecule has 1 atom stereocenters. The molecule has 1 heteroatoms. The van der Waals surface area contributed by atoms with Crippen molar-refractivity contribution in [2.45, 2.75) is 58.9 Å². The van der Waals surface area contributed by atoms with E-state index in [1.807, 2.05) is 0 Å². The fourth-order valence-corrected chi connectivity index (χ4v) is 1.87. The highest BCUT2D eigenvalue weighted by atomic mass is 14.9. The maximum atomic E-state index is 3.56. The van der Waals surface area contributed by atoms with Crippen molar-refractivity contribution in [1.82, 2.24) is 0 Å². The summed E-state index contributed by atoms with van der Waals surface area (Å²) in [6.07, 6.45) is 3.58. The molecule has 1 nitrogen and oxygen atoms in total. The van der Waals surface area contributed by atoms with Crippen LogP contribution in [0.2, 0.25) is 0 Å². The maximum absolute atomic E-state index is 3.56. The number of benzene rings is 1. The van der Waals surface area contributed by atoms with Gasteiger partial charge in [0.1, 0.15) is 0 Å². The summed E-state index contributed by atoms with van der Waals surface area (Å²) in [6.45, 7) is 8.98. The van der Waals surface area contributed by atoms with Crippen LogP contribution in [0.25, 0.3) is 0 Å². The average Bonchev–Trinajstić information content (AvgIpc) is 2.35. The van der Waals surface area contributed by atoms with Gasteiger partial charge in [-0.1, -0.05) is 39.8 Å². The summed E-state index contributed by atoms with van der Waals surface area (Å²) in [5, 5.41) is 3.56. The van der Waals surface area contributed by atoms with Crippen LogP contribution >= 0.6 is 0 Å². The van der Waals surface area contributed by atoms with Crippen LogP contribution in [0.3, 0.4) is 0 Å². The van der Waals surface area contributed by atoms with E-state index in [9.17, 15) is 0 Å². The molecular formula is C15H25N. The molecule has 0 fully saturated rings. The van der Waals surface area contributed by atoms with Gasteiger partial charge in [-0.3, -0.25) is 0 Å². The van der Waals surface area contributed by atoms with Crippen LogP contribution in [0, 0.1) is 0 Å². The molecule has 0 saturated carbocycles. The Morgan fingerprint density at radius 3 is 1.94 bits per heavy atom. The lowest BCUT2D eigenvalue weighted by Crippen LogP contribution is -2.16. The van der Waals surface area contributed by atoms with Gasteiger partial charge in [0, 0.05) is 11.7 Å². The Hall–Kier alpha value is -0.980. The van der Waals surface area contributed by atoms with Gasteiger partial charge in [0.05, 0.1) is 0 Å². The second-order valence-electron chi connectivity index (χ2n) is 4.59. The van der Waals surface area contributed by atoms with Gasteiger partial charge in [0.15, 0.2) is 0 Å². The zero-order chi connectivity index (χ0) is 12.0. The third kappa shape index (κ3) is 3.55. The highest BCUT2D eigenvalue weighted by Crippen LogP contribution is 2.21. The first-order chi connectivity index (χ1) is 7.71. The van der Waals surface area contributed by atoms with Gasteiger partial charge in [-0.05, 0) is 42.9 Å². The third-order valence-electron chi connectivity index (χ3n) is 3.45. The van der Waals surface area contributed by atoms with Crippen LogP contribution in [-0.4, -0.2) is 6.04 Å². The van der Waals surface area contributed by atoms with Gasteiger partial charge in [0.25, 0.3) is 0 Å². The van der Waals surface area contributed by atoms with Crippen LogP contribution in [0.15, 0.2) is 24.3 Å². The summed E-state index contributed by atoms with van der Waals surface area (Å²) in [4.78, 5) is 0. The molecule has 1 rings (SSSR count). The minimum Gasteiger partial charge on any atom is -0.382 e. The molecule has 0 spiro atoms. The monoisotopic (exact) mass is 219 g/mol. The minimum absolute atomic E-state index is 0.606. The van der Waals surface area contributed by atoms with Crippen molar-refractivity contribution in [2.75, 3.05) is 5.32 Å². The summed E-state index contributed by atoms with van der Waals surface area (Å²) in [6, 6.07) is 9.52. The number of nitrogens with one attached hydrogen (secondary N) is 1. The summed E-state index contributed by atoms with van der Waals surface area (Å²) in [7, 11) is 0. The van der Waals surface area contributed by atoms with E-state index >= 15 is 0 Å². The lowest BCUT2D eigenvalue weighted by Gasteiger charge is -2.17. The summed E-state index contributed by atoms with van der Waals surface area (Å²) < 4.78 is 0. The molecule has 1 aromatic carbocycles. The van der Waals surface area contributed by atoms with Crippen molar-refractivity contribution in [2.24, 2.45) is 0 Å². The molecule has 0 saturated heterocycles. The standard InChI is InChI=1S/C15H25N/c1-5-12(4)13-8-10-15(11-9-13)16-14(6-2)7-3/h8-12,14,16H,5-7H2,1-4H3. The quantitative estimate of drug-likeness (QED) is 0.724. The Balaban J connectivity index is 2.64. The molecule has 0 aromatic heterocycles. The van der Waals surface area contributed by atoms with E-state index in [1.165, 1.54) is 30.5 Å². The normalized spacial score (nSPS) is 12.8. The molecule has 1 N–H and O–H groups in total. The van der Waals surface area contributed by atoms with Crippen molar-refractivity contribution < 1.29 is 0 Å². The predicted molar refractivity (Wildman–Crippen MR) is 73.1 cm³/mol. The number of hydrogen-bond acceptors (Lipinski definition) is 1. The molecule has 0 bridgehead atoms. The van der Waals surface area contributed by atoms with Gasteiger partial charge in [-0.2, -0.15) is 0 Å². The van der Waals surface area contributed by atoms with Crippen LogP contribution in [0.1, 0.15) is 58.4 Å². The smallest absolute Gasteiger partial charge is 0.0342 e. The Morgan fingerprint density at radius 2 is 1.50 bits per heavy atom. The van der Waals surface area contributed by atoms with E-state index in [1.54, 1.807) is 0 Å². The maximum Gasteiger partial charge on any atom is 0.0342 e. The first-order valence-corrected chi connectivity index (χ1v) is 6.57. The largest absolute Gasteiger partial charge is 0.382 e. The Morgan fingerprint density at radius 1 is 0.938 bits per heavy atom. The third-order valence-corrected chi connectivity index (χ3v) is 3.45. The zero-order valence-corrected chi connectivity index (χ0v) is 11.1. The van der Waals surface area contributed by atoms with Crippen molar-refractivity contribution in [3.63, 3.8) is 0 Å². The summed E-state index contributed by atoms with van der Waals surface area (Å²) in [5.74, 6) is 0.669. The van der Waals surface area contributed by atoms with E-state index in [2.05, 4.69) is 57.3 Å². The zero-order valence-electron chi connectivity index (χ0n) is 11.1. The average molecular weight is 219 g/mol. The van der Waals surface area contributed by atoms with Crippen molar-refractivity contribution in [3.8, 4) is 0 Å².